The van der Waals surface area contributed by atoms with Crippen molar-refractivity contribution in [2.75, 3.05) is 19.6 Å². The first-order valence-electron chi connectivity index (χ1n) is 5.30. The smallest absolute Gasteiger partial charge is 0.283 e. The van der Waals surface area contributed by atoms with Crippen LogP contribution in [0.3, 0.4) is 0 Å². The molecule has 6 nitrogen and oxygen atoms in total. The summed E-state index contributed by atoms with van der Waals surface area (Å²) >= 11 is 1.14. The molecule has 0 atom stereocenters. The Labute approximate surface area is 115 Å². The zero-order valence-corrected chi connectivity index (χ0v) is 11.8. The highest BCUT2D eigenvalue weighted by atomic mass is 35.5. The van der Waals surface area contributed by atoms with Crippen LogP contribution >= 0.6 is 23.7 Å². The van der Waals surface area contributed by atoms with Gasteiger partial charge in [0.25, 0.3) is 11.6 Å². The monoisotopic (exact) mass is 293 g/mol. The molecule has 0 aliphatic heterocycles. The van der Waals surface area contributed by atoms with Crippen LogP contribution in [0.4, 0.5) is 5.69 Å². The van der Waals surface area contributed by atoms with E-state index in [9.17, 15) is 14.9 Å². The number of amides is 1. The molecule has 0 fully saturated rings. The lowest BCUT2D eigenvalue weighted by molar-refractivity contribution is -0.385. The second-order valence-corrected chi connectivity index (χ2v) is 4.67. The molecule has 1 aromatic heterocycles. The summed E-state index contributed by atoms with van der Waals surface area (Å²) in [4.78, 5) is 22.7. The van der Waals surface area contributed by atoms with Gasteiger partial charge in [0.15, 0.2) is 0 Å². The van der Waals surface area contributed by atoms with Crippen LogP contribution in [0.1, 0.15) is 21.5 Å². The average molecular weight is 294 g/mol. The third kappa shape index (κ3) is 4.59. The molecular formula is C10H16ClN3O3S. The minimum Gasteiger partial charge on any atom is -0.350 e. The summed E-state index contributed by atoms with van der Waals surface area (Å²) in [7, 11) is 0. The Morgan fingerprint density at radius 3 is 2.67 bits per heavy atom. The Bertz CT molecular complexity index is 423. The van der Waals surface area contributed by atoms with Crippen molar-refractivity contribution in [1.29, 1.82) is 0 Å². The van der Waals surface area contributed by atoms with Gasteiger partial charge in [0.1, 0.15) is 0 Å². The number of hydrogen-bond acceptors (Lipinski definition) is 5. The summed E-state index contributed by atoms with van der Waals surface area (Å²) in [6, 6.07) is 1.32. The Hall–Kier alpha value is -1.18. The molecule has 0 aliphatic carbocycles. The summed E-state index contributed by atoms with van der Waals surface area (Å²) in [5, 5.41) is 16.4. The van der Waals surface area contributed by atoms with E-state index in [2.05, 4.69) is 10.6 Å². The quantitative estimate of drug-likeness (QED) is 0.475. The molecule has 1 aromatic rings. The van der Waals surface area contributed by atoms with E-state index in [1.54, 1.807) is 6.92 Å². The fourth-order valence-corrected chi connectivity index (χ4v) is 2.20. The zero-order chi connectivity index (χ0) is 12.8. The van der Waals surface area contributed by atoms with Gasteiger partial charge in [-0.2, -0.15) is 0 Å². The molecule has 1 rings (SSSR count). The summed E-state index contributed by atoms with van der Waals surface area (Å²) in [5.74, 6) is -0.260. The number of aryl methyl sites for hydroxylation is 1. The van der Waals surface area contributed by atoms with Gasteiger partial charge >= 0.3 is 0 Å². The van der Waals surface area contributed by atoms with Crippen LogP contribution in [0.2, 0.25) is 0 Å². The minimum absolute atomic E-state index is 0. The first kappa shape index (κ1) is 16.8. The number of carbonyl (C=O) groups excluding carboxylic acids is 1. The Morgan fingerprint density at radius 1 is 1.50 bits per heavy atom. The van der Waals surface area contributed by atoms with Gasteiger partial charge in [0, 0.05) is 19.2 Å². The molecule has 0 unspecified atom stereocenters. The Balaban J connectivity index is 0.00000289. The number of nitrogens with zero attached hydrogens (tertiary/aromatic N) is 1. The molecule has 0 aliphatic rings. The maximum Gasteiger partial charge on any atom is 0.283 e. The second-order valence-electron chi connectivity index (χ2n) is 3.42. The van der Waals surface area contributed by atoms with E-state index >= 15 is 0 Å². The lowest BCUT2D eigenvalue weighted by Gasteiger charge is -2.03. The molecule has 102 valence electrons. The van der Waals surface area contributed by atoms with E-state index in [0.717, 1.165) is 17.9 Å². The number of likely N-dealkylation sites (N-methyl/N-ethyl adjacent to an activating group) is 1. The summed E-state index contributed by atoms with van der Waals surface area (Å²) in [6.07, 6.45) is 0. The Kier molecular flexibility index (Phi) is 7.49. The van der Waals surface area contributed by atoms with Gasteiger partial charge < -0.3 is 10.6 Å². The Morgan fingerprint density at radius 2 is 2.17 bits per heavy atom. The van der Waals surface area contributed by atoms with Crippen molar-refractivity contribution in [2.24, 2.45) is 0 Å². The average Bonchev–Trinajstić information content (AvgIpc) is 2.66. The van der Waals surface area contributed by atoms with Crippen molar-refractivity contribution in [3.05, 3.63) is 25.9 Å². The molecule has 1 amide bonds. The number of carbonyl (C=O) groups is 1. The van der Waals surface area contributed by atoms with Crippen LogP contribution < -0.4 is 10.6 Å². The predicted molar refractivity (Wildman–Crippen MR) is 73.8 cm³/mol. The fraction of sp³-hybridized carbons (Fsp3) is 0.500. The largest absolute Gasteiger partial charge is 0.350 e. The van der Waals surface area contributed by atoms with Gasteiger partial charge in [0.2, 0.25) is 0 Å². The molecule has 0 radical (unpaired) electrons. The molecule has 1 heterocycles. The second kappa shape index (κ2) is 8.02. The van der Waals surface area contributed by atoms with Crippen molar-refractivity contribution in [3.63, 3.8) is 0 Å². The van der Waals surface area contributed by atoms with Crippen LogP contribution in [0, 0.1) is 17.0 Å². The maximum atomic E-state index is 11.6. The first-order valence-corrected chi connectivity index (χ1v) is 6.11. The SMILES string of the molecule is CCNCCNC(=O)c1cc([N+](=O)[O-])c(C)s1.Cl. The minimum atomic E-state index is -0.471. The number of nitrogens with one attached hydrogen (secondary N) is 2. The standard InChI is InChI=1S/C10H15N3O3S.ClH/c1-3-11-4-5-12-10(14)9-6-8(13(15)16)7(2)17-9;/h6,11H,3-5H2,1-2H3,(H,12,14);1H. The third-order valence-electron chi connectivity index (χ3n) is 2.15. The van der Waals surface area contributed by atoms with Gasteiger partial charge in [-0.05, 0) is 13.5 Å². The van der Waals surface area contributed by atoms with Gasteiger partial charge in [-0.3, -0.25) is 14.9 Å². The first-order chi connectivity index (χ1) is 8.06. The molecule has 0 bridgehead atoms. The lowest BCUT2D eigenvalue weighted by Crippen LogP contribution is -2.31. The summed E-state index contributed by atoms with van der Waals surface area (Å²) in [5.41, 5.74) is 0.00633. The van der Waals surface area contributed by atoms with Crippen LogP contribution in [0.15, 0.2) is 6.07 Å². The molecule has 0 saturated carbocycles. The number of hydrogen-bond donors (Lipinski definition) is 2. The van der Waals surface area contributed by atoms with E-state index in [0.29, 0.717) is 22.8 Å². The lowest BCUT2D eigenvalue weighted by atomic mass is 10.3. The summed E-state index contributed by atoms with van der Waals surface area (Å²) in [6.45, 7) is 5.66. The van der Waals surface area contributed by atoms with E-state index in [4.69, 9.17) is 0 Å². The number of rotatable bonds is 6. The van der Waals surface area contributed by atoms with Gasteiger partial charge in [-0.15, -0.1) is 23.7 Å². The number of nitro groups is 1. The van der Waals surface area contributed by atoms with Crippen molar-refractivity contribution in [3.8, 4) is 0 Å². The highest BCUT2D eigenvalue weighted by molar-refractivity contribution is 7.14. The fourth-order valence-electron chi connectivity index (χ4n) is 1.29. The van der Waals surface area contributed by atoms with E-state index in [1.165, 1.54) is 6.07 Å². The molecular weight excluding hydrogens is 278 g/mol. The van der Waals surface area contributed by atoms with Crippen molar-refractivity contribution in [1.82, 2.24) is 10.6 Å². The highest BCUT2D eigenvalue weighted by Gasteiger charge is 2.18. The molecule has 18 heavy (non-hydrogen) atoms. The molecule has 8 heteroatoms. The summed E-state index contributed by atoms with van der Waals surface area (Å²) < 4.78 is 0. The van der Waals surface area contributed by atoms with E-state index < -0.39 is 4.92 Å². The molecule has 0 spiro atoms. The van der Waals surface area contributed by atoms with Crippen molar-refractivity contribution in [2.45, 2.75) is 13.8 Å². The predicted octanol–water partition coefficient (Wildman–Crippen LogP) is 1.73. The van der Waals surface area contributed by atoms with Gasteiger partial charge in [0.05, 0.1) is 14.7 Å². The topological polar surface area (TPSA) is 84.3 Å². The molecule has 0 aromatic carbocycles. The van der Waals surface area contributed by atoms with E-state index in [1.807, 2.05) is 6.92 Å². The normalized spacial score (nSPS) is 9.67. The van der Waals surface area contributed by atoms with Crippen molar-refractivity contribution < 1.29 is 9.72 Å². The van der Waals surface area contributed by atoms with Crippen LogP contribution in [0.5, 0.6) is 0 Å². The molecule has 0 saturated heterocycles. The van der Waals surface area contributed by atoms with Crippen LogP contribution in [0.25, 0.3) is 0 Å². The maximum absolute atomic E-state index is 11.6. The third-order valence-corrected chi connectivity index (χ3v) is 3.19. The zero-order valence-electron chi connectivity index (χ0n) is 10.2. The highest BCUT2D eigenvalue weighted by Crippen LogP contribution is 2.27. The van der Waals surface area contributed by atoms with Crippen LogP contribution in [-0.4, -0.2) is 30.5 Å². The number of thiophene rings is 1. The number of halogens is 1. The van der Waals surface area contributed by atoms with E-state index in [-0.39, 0.29) is 24.0 Å². The van der Waals surface area contributed by atoms with Gasteiger partial charge in [-0.25, -0.2) is 0 Å². The molecule has 2 N–H and O–H groups in total. The van der Waals surface area contributed by atoms with Crippen LogP contribution in [-0.2, 0) is 0 Å². The van der Waals surface area contributed by atoms with Crippen molar-refractivity contribution >= 4 is 35.3 Å². The van der Waals surface area contributed by atoms with Gasteiger partial charge in [-0.1, -0.05) is 6.92 Å².